The van der Waals surface area contributed by atoms with Gasteiger partial charge in [-0.2, -0.15) is 10.5 Å². The van der Waals surface area contributed by atoms with Crippen LogP contribution in [0.3, 0.4) is 0 Å². The Balaban J connectivity index is 1.64. The van der Waals surface area contributed by atoms with E-state index in [1.165, 1.54) is 18.3 Å². The van der Waals surface area contributed by atoms with Crippen molar-refractivity contribution in [1.82, 2.24) is 9.97 Å². The Hall–Kier alpha value is -3.03. The molecule has 2 aromatic rings. The number of nitriles is 2. The lowest BCUT2D eigenvalue weighted by molar-refractivity contribution is -0.00748. The molecule has 0 unspecified atom stereocenters. The molecule has 0 radical (unpaired) electrons. The van der Waals surface area contributed by atoms with Gasteiger partial charge in [-0.1, -0.05) is 19.9 Å². The Bertz CT molecular complexity index is 992. The Morgan fingerprint density at radius 2 is 2.00 bits per heavy atom. The fourth-order valence-electron chi connectivity index (χ4n) is 4.09. The zero-order valence-corrected chi connectivity index (χ0v) is 17.3. The van der Waals surface area contributed by atoms with Crippen molar-refractivity contribution in [2.75, 3.05) is 11.9 Å². The van der Waals surface area contributed by atoms with E-state index in [1.807, 2.05) is 6.07 Å². The summed E-state index contributed by atoms with van der Waals surface area (Å²) in [4.78, 5) is 8.77. The summed E-state index contributed by atoms with van der Waals surface area (Å²) in [5.74, 6) is 0.278. The van der Waals surface area contributed by atoms with E-state index >= 15 is 0 Å². The summed E-state index contributed by atoms with van der Waals surface area (Å²) in [5, 5.41) is 31.5. The quantitative estimate of drug-likeness (QED) is 0.756. The number of aliphatic hydroxyl groups excluding tert-OH is 1. The predicted octanol–water partition coefficient (Wildman–Crippen LogP) is 3.74. The monoisotopic (exact) mass is 407 g/mol. The molecule has 1 aliphatic carbocycles. The number of halogens is 1. The molecule has 0 saturated heterocycles. The zero-order chi connectivity index (χ0) is 21.7. The normalized spacial score (nSPS) is 20.2. The predicted molar refractivity (Wildman–Crippen MR) is 111 cm³/mol. The Labute approximate surface area is 176 Å². The van der Waals surface area contributed by atoms with Crippen molar-refractivity contribution < 1.29 is 9.50 Å². The number of benzene rings is 1. The number of aliphatic hydroxyl groups is 1. The smallest absolute Gasteiger partial charge is 0.222 e. The number of aromatic nitrogens is 2. The van der Waals surface area contributed by atoms with Gasteiger partial charge in [0.15, 0.2) is 0 Å². The maximum atomic E-state index is 13.7. The van der Waals surface area contributed by atoms with E-state index in [0.717, 1.165) is 30.5 Å². The third-order valence-corrected chi connectivity index (χ3v) is 5.89. The van der Waals surface area contributed by atoms with Crippen LogP contribution in [0.2, 0.25) is 0 Å². The lowest BCUT2D eigenvalue weighted by atomic mass is 9.69. The number of hydrogen-bond donors (Lipinski definition) is 2. The largest absolute Gasteiger partial charge is 0.393 e. The van der Waals surface area contributed by atoms with Crippen LogP contribution in [0, 0.1) is 39.8 Å². The van der Waals surface area contributed by atoms with Crippen molar-refractivity contribution in [1.29, 1.82) is 10.5 Å². The third-order valence-electron chi connectivity index (χ3n) is 5.89. The molecule has 1 aromatic heterocycles. The summed E-state index contributed by atoms with van der Waals surface area (Å²) in [6.45, 7) is 4.65. The maximum Gasteiger partial charge on any atom is 0.222 e. The van der Waals surface area contributed by atoms with Gasteiger partial charge in [-0.3, -0.25) is 0 Å². The molecule has 30 heavy (non-hydrogen) atoms. The van der Waals surface area contributed by atoms with Crippen molar-refractivity contribution in [2.45, 2.75) is 52.1 Å². The molecule has 2 N–H and O–H groups in total. The molecule has 0 aliphatic heterocycles. The van der Waals surface area contributed by atoms with Crippen LogP contribution in [-0.4, -0.2) is 27.7 Å². The van der Waals surface area contributed by atoms with E-state index < -0.39 is 5.82 Å². The topological polar surface area (TPSA) is 106 Å². The van der Waals surface area contributed by atoms with Crippen molar-refractivity contribution in [3.8, 4) is 12.1 Å². The number of rotatable bonds is 6. The molecule has 1 aliphatic rings. The fraction of sp³-hybridized carbons (Fsp3) is 0.478. The van der Waals surface area contributed by atoms with Gasteiger partial charge in [-0.05, 0) is 61.1 Å². The van der Waals surface area contributed by atoms with Gasteiger partial charge in [-0.15, -0.1) is 0 Å². The molecule has 7 heteroatoms. The standard InChI is InChI=1S/C23H26FN5O/c1-23(2)11-16(4-6-21(23)30)10-20-18(13-26)14-28-22(29-20)27-8-7-15-3-5-17(12-25)19(24)9-15/h3,5,9,14,16,21,30H,4,6-8,10-11H2,1-2H3,(H,27,28,29)/t16-,21-/m0/s1. The number of hydrogen-bond acceptors (Lipinski definition) is 6. The first kappa shape index (κ1) is 21.7. The van der Waals surface area contributed by atoms with Crippen LogP contribution in [0.4, 0.5) is 10.3 Å². The molecule has 0 bridgehead atoms. The minimum Gasteiger partial charge on any atom is -0.393 e. The van der Waals surface area contributed by atoms with Crippen LogP contribution >= 0.6 is 0 Å². The van der Waals surface area contributed by atoms with Gasteiger partial charge in [0.1, 0.15) is 18.0 Å². The van der Waals surface area contributed by atoms with Crippen molar-refractivity contribution >= 4 is 5.95 Å². The molecule has 1 heterocycles. The molecule has 1 saturated carbocycles. The number of anilines is 1. The van der Waals surface area contributed by atoms with Crippen molar-refractivity contribution in [2.24, 2.45) is 11.3 Å². The van der Waals surface area contributed by atoms with Crippen LogP contribution in [0.5, 0.6) is 0 Å². The van der Waals surface area contributed by atoms with E-state index in [-0.39, 0.29) is 17.1 Å². The average molecular weight is 407 g/mol. The molecule has 3 rings (SSSR count). The first-order valence-corrected chi connectivity index (χ1v) is 10.2. The van der Waals surface area contributed by atoms with Gasteiger partial charge >= 0.3 is 0 Å². The third kappa shape index (κ3) is 5.11. The van der Waals surface area contributed by atoms with Crippen molar-refractivity contribution in [3.63, 3.8) is 0 Å². The maximum absolute atomic E-state index is 13.7. The second kappa shape index (κ2) is 9.19. The summed E-state index contributed by atoms with van der Waals surface area (Å²) >= 11 is 0. The molecule has 6 nitrogen and oxygen atoms in total. The van der Waals surface area contributed by atoms with Gasteiger partial charge in [0.2, 0.25) is 5.95 Å². The summed E-state index contributed by atoms with van der Waals surface area (Å²) in [5.41, 5.74) is 1.86. The van der Waals surface area contributed by atoms with Crippen LogP contribution in [-0.2, 0) is 12.8 Å². The Morgan fingerprint density at radius 3 is 2.67 bits per heavy atom. The minimum absolute atomic E-state index is 0.0326. The van der Waals surface area contributed by atoms with Gasteiger partial charge in [-0.25, -0.2) is 14.4 Å². The highest BCUT2D eigenvalue weighted by molar-refractivity contribution is 5.37. The molecule has 0 spiro atoms. The van der Waals surface area contributed by atoms with Crippen LogP contribution in [0.1, 0.15) is 55.5 Å². The first-order chi connectivity index (χ1) is 14.3. The summed E-state index contributed by atoms with van der Waals surface area (Å²) < 4.78 is 13.7. The van der Waals surface area contributed by atoms with E-state index in [9.17, 15) is 14.8 Å². The Kier molecular flexibility index (Phi) is 6.64. The van der Waals surface area contributed by atoms with Crippen LogP contribution < -0.4 is 5.32 Å². The lowest BCUT2D eigenvalue weighted by Gasteiger charge is -2.39. The average Bonchev–Trinajstić information content (AvgIpc) is 2.71. The van der Waals surface area contributed by atoms with E-state index in [0.29, 0.717) is 36.8 Å². The summed E-state index contributed by atoms with van der Waals surface area (Å²) in [6.07, 6.45) is 5.03. The molecule has 0 amide bonds. The van der Waals surface area contributed by atoms with Gasteiger partial charge < -0.3 is 10.4 Å². The molecule has 1 fully saturated rings. The first-order valence-electron chi connectivity index (χ1n) is 10.2. The van der Waals surface area contributed by atoms with E-state index in [4.69, 9.17) is 5.26 Å². The van der Waals surface area contributed by atoms with E-state index in [1.54, 1.807) is 6.07 Å². The van der Waals surface area contributed by atoms with Gasteiger partial charge in [0, 0.05) is 6.54 Å². The van der Waals surface area contributed by atoms with Gasteiger partial charge in [0.05, 0.1) is 29.1 Å². The Morgan fingerprint density at radius 1 is 1.23 bits per heavy atom. The second-order valence-electron chi connectivity index (χ2n) is 8.62. The molecular weight excluding hydrogens is 381 g/mol. The van der Waals surface area contributed by atoms with E-state index in [2.05, 4.69) is 35.2 Å². The van der Waals surface area contributed by atoms with Crippen LogP contribution in [0.25, 0.3) is 0 Å². The highest BCUT2D eigenvalue weighted by Gasteiger charge is 2.35. The fourth-order valence-corrected chi connectivity index (χ4v) is 4.09. The van der Waals surface area contributed by atoms with Gasteiger partial charge in [0.25, 0.3) is 0 Å². The molecule has 1 aromatic carbocycles. The highest BCUT2D eigenvalue weighted by Crippen LogP contribution is 2.40. The number of nitrogens with one attached hydrogen (secondary N) is 1. The lowest BCUT2D eigenvalue weighted by Crippen LogP contribution is -2.37. The molecule has 156 valence electrons. The minimum atomic E-state index is -0.521. The molecule has 2 atom stereocenters. The summed E-state index contributed by atoms with van der Waals surface area (Å²) in [6, 6.07) is 8.55. The van der Waals surface area contributed by atoms with Crippen molar-refractivity contribution in [3.05, 3.63) is 52.6 Å². The SMILES string of the molecule is CC1(C)C[C@H](Cc2nc(NCCc3ccc(C#N)c(F)c3)ncc2C#N)CC[C@@H]1O. The van der Waals surface area contributed by atoms with Crippen LogP contribution in [0.15, 0.2) is 24.4 Å². The summed E-state index contributed by atoms with van der Waals surface area (Å²) in [7, 11) is 0. The molecular formula is C23H26FN5O. The number of nitrogens with zero attached hydrogens (tertiary/aromatic N) is 4. The second-order valence-corrected chi connectivity index (χ2v) is 8.62. The highest BCUT2D eigenvalue weighted by atomic mass is 19.1. The zero-order valence-electron chi connectivity index (χ0n) is 17.3.